The van der Waals surface area contributed by atoms with E-state index in [1.807, 2.05) is 0 Å². The number of hydrogen-bond acceptors (Lipinski definition) is 1. The molecule has 0 amide bonds. The molecule has 4 saturated carbocycles. The zero-order valence-electron chi connectivity index (χ0n) is 14.1. The summed E-state index contributed by atoms with van der Waals surface area (Å²) >= 11 is 0. The van der Waals surface area contributed by atoms with Crippen LogP contribution < -0.4 is 5.32 Å². The molecule has 4 fully saturated rings. The van der Waals surface area contributed by atoms with E-state index in [-0.39, 0.29) is 0 Å². The van der Waals surface area contributed by atoms with E-state index < -0.39 is 0 Å². The maximum Gasteiger partial charge on any atom is 0.0127 e. The van der Waals surface area contributed by atoms with Gasteiger partial charge in [-0.25, -0.2) is 0 Å². The van der Waals surface area contributed by atoms with Gasteiger partial charge in [0, 0.05) is 12.1 Å². The van der Waals surface area contributed by atoms with Gasteiger partial charge < -0.3 is 5.32 Å². The molecule has 0 unspecified atom stereocenters. The Morgan fingerprint density at radius 1 is 0.750 bits per heavy atom. The first-order valence-electron chi connectivity index (χ1n) is 9.27. The Kier molecular flexibility index (Phi) is 4.45. The lowest BCUT2D eigenvalue weighted by Gasteiger charge is -2.55. The minimum Gasteiger partial charge on any atom is -0.311 e. The molecule has 0 heterocycles. The monoisotopic (exact) mass is 277 g/mol. The Bertz CT molecular complexity index is 282. The largest absolute Gasteiger partial charge is 0.311 e. The Morgan fingerprint density at radius 3 is 1.60 bits per heavy atom. The van der Waals surface area contributed by atoms with Crippen molar-refractivity contribution in [2.24, 2.45) is 35.5 Å². The first-order chi connectivity index (χ1) is 9.51. The fourth-order valence-electron chi connectivity index (χ4n) is 5.84. The average Bonchev–Trinajstić information content (AvgIpc) is 2.31. The standard InChI is InChI=1S/C19H35N/c1-12(2)5-18(6-13(3)4)20-19-16-8-14-7-15(10-16)11-17(19)9-14/h12-20H,5-11H2,1-4H3. The van der Waals surface area contributed by atoms with E-state index >= 15 is 0 Å². The topological polar surface area (TPSA) is 12.0 Å². The molecular formula is C19H35N. The molecule has 1 heteroatoms. The summed E-state index contributed by atoms with van der Waals surface area (Å²) in [7, 11) is 0. The van der Waals surface area contributed by atoms with Crippen LogP contribution in [0.3, 0.4) is 0 Å². The van der Waals surface area contributed by atoms with Gasteiger partial charge in [0.05, 0.1) is 0 Å². The molecule has 0 spiro atoms. The number of nitrogens with one attached hydrogen (secondary N) is 1. The summed E-state index contributed by atoms with van der Waals surface area (Å²) < 4.78 is 0. The highest BCUT2D eigenvalue weighted by Gasteiger charge is 2.48. The second-order valence-corrected chi connectivity index (χ2v) is 9.08. The predicted molar refractivity (Wildman–Crippen MR) is 86.7 cm³/mol. The van der Waals surface area contributed by atoms with Gasteiger partial charge in [-0.05, 0) is 80.5 Å². The van der Waals surface area contributed by atoms with Crippen molar-refractivity contribution in [3.63, 3.8) is 0 Å². The van der Waals surface area contributed by atoms with E-state index in [4.69, 9.17) is 0 Å². The van der Waals surface area contributed by atoms with Crippen molar-refractivity contribution in [3.8, 4) is 0 Å². The highest BCUT2D eigenvalue weighted by atomic mass is 15.0. The van der Waals surface area contributed by atoms with Crippen LogP contribution in [0.1, 0.15) is 72.6 Å². The van der Waals surface area contributed by atoms with E-state index in [0.717, 1.165) is 47.6 Å². The summed E-state index contributed by atoms with van der Waals surface area (Å²) in [6, 6.07) is 1.63. The van der Waals surface area contributed by atoms with Crippen LogP contribution in [-0.4, -0.2) is 12.1 Å². The van der Waals surface area contributed by atoms with Crippen LogP contribution in [0, 0.1) is 35.5 Å². The smallest absolute Gasteiger partial charge is 0.0127 e. The zero-order chi connectivity index (χ0) is 14.3. The van der Waals surface area contributed by atoms with Crippen LogP contribution in [0.15, 0.2) is 0 Å². The van der Waals surface area contributed by atoms with Crippen molar-refractivity contribution >= 4 is 0 Å². The van der Waals surface area contributed by atoms with Gasteiger partial charge in [0.25, 0.3) is 0 Å². The molecule has 1 nitrogen and oxygen atoms in total. The normalized spacial score (nSPS) is 39.5. The van der Waals surface area contributed by atoms with Crippen LogP contribution in [0.25, 0.3) is 0 Å². The van der Waals surface area contributed by atoms with Gasteiger partial charge in [-0.3, -0.25) is 0 Å². The molecule has 0 aliphatic heterocycles. The molecule has 4 rings (SSSR count). The summed E-state index contributed by atoms with van der Waals surface area (Å²) in [5.41, 5.74) is 0. The maximum atomic E-state index is 4.16. The van der Waals surface area contributed by atoms with E-state index in [9.17, 15) is 0 Å². The summed E-state index contributed by atoms with van der Waals surface area (Å²) in [4.78, 5) is 0. The first-order valence-corrected chi connectivity index (χ1v) is 9.27. The Hall–Kier alpha value is -0.0400. The fraction of sp³-hybridized carbons (Fsp3) is 1.00. The van der Waals surface area contributed by atoms with Crippen molar-refractivity contribution in [3.05, 3.63) is 0 Å². The van der Waals surface area contributed by atoms with E-state index in [1.54, 1.807) is 32.1 Å². The van der Waals surface area contributed by atoms with Crippen LogP contribution in [0.5, 0.6) is 0 Å². The van der Waals surface area contributed by atoms with Crippen LogP contribution >= 0.6 is 0 Å². The van der Waals surface area contributed by atoms with Gasteiger partial charge in [-0.2, -0.15) is 0 Å². The van der Waals surface area contributed by atoms with Gasteiger partial charge in [-0.15, -0.1) is 0 Å². The lowest BCUT2D eigenvalue weighted by Crippen LogP contribution is -2.57. The van der Waals surface area contributed by atoms with E-state index in [1.165, 1.54) is 12.8 Å². The molecule has 116 valence electrons. The Labute approximate surface area is 126 Å². The molecule has 1 N–H and O–H groups in total. The summed E-state index contributed by atoms with van der Waals surface area (Å²) in [6.07, 6.45) is 10.5. The van der Waals surface area contributed by atoms with Crippen molar-refractivity contribution in [1.29, 1.82) is 0 Å². The van der Waals surface area contributed by atoms with Gasteiger partial charge >= 0.3 is 0 Å². The third-order valence-corrected chi connectivity index (χ3v) is 6.17. The first kappa shape index (κ1) is 14.9. The van der Waals surface area contributed by atoms with Gasteiger partial charge in [0.1, 0.15) is 0 Å². The SMILES string of the molecule is CC(C)CC(CC(C)C)NC1C2CC3CC(C2)CC1C3. The highest BCUT2D eigenvalue weighted by molar-refractivity contribution is 5.02. The quantitative estimate of drug-likeness (QED) is 0.731. The summed E-state index contributed by atoms with van der Waals surface area (Å²) in [6.45, 7) is 9.52. The van der Waals surface area contributed by atoms with Crippen LogP contribution in [0.4, 0.5) is 0 Å². The van der Waals surface area contributed by atoms with Crippen LogP contribution in [0.2, 0.25) is 0 Å². The molecule has 0 radical (unpaired) electrons. The lowest BCUT2D eigenvalue weighted by molar-refractivity contribution is -0.0193. The van der Waals surface area contributed by atoms with Crippen molar-refractivity contribution in [1.82, 2.24) is 5.32 Å². The molecule has 0 aromatic rings. The van der Waals surface area contributed by atoms with Crippen LogP contribution in [-0.2, 0) is 0 Å². The Balaban J connectivity index is 1.62. The predicted octanol–water partition coefficient (Wildman–Crippen LogP) is 4.86. The number of rotatable bonds is 6. The van der Waals surface area contributed by atoms with E-state index in [2.05, 4.69) is 33.0 Å². The van der Waals surface area contributed by atoms with Crippen molar-refractivity contribution in [2.75, 3.05) is 0 Å². The molecular weight excluding hydrogens is 242 g/mol. The minimum atomic E-state index is 0.762. The fourth-order valence-corrected chi connectivity index (χ4v) is 5.84. The molecule has 0 aromatic heterocycles. The second-order valence-electron chi connectivity index (χ2n) is 9.08. The number of hydrogen-bond donors (Lipinski definition) is 1. The van der Waals surface area contributed by atoms with Crippen molar-refractivity contribution < 1.29 is 0 Å². The third kappa shape index (κ3) is 3.24. The van der Waals surface area contributed by atoms with Gasteiger partial charge in [-0.1, -0.05) is 27.7 Å². The summed E-state index contributed by atoms with van der Waals surface area (Å²) in [5.74, 6) is 5.89. The molecule has 0 saturated heterocycles. The third-order valence-electron chi connectivity index (χ3n) is 6.17. The highest BCUT2D eigenvalue weighted by Crippen LogP contribution is 2.53. The molecule has 0 aromatic carbocycles. The minimum absolute atomic E-state index is 0.762. The van der Waals surface area contributed by atoms with E-state index in [0.29, 0.717) is 0 Å². The molecule has 4 bridgehead atoms. The second kappa shape index (κ2) is 5.99. The average molecular weight is 277 g/mol. The van der Waals surface area contributed by atoms with Gasteiger partial charge in [0.2, 0.25) is 0 Å². The zero-order valence-corrected chi connectivity index (χ0v) is 14.1. The van der Waals surface area contributed by atoms with Gasteiger partial charge in [0.15, 0.2) is 0 Å². The maximum absolute atomic E-state index is 4.16. The lowest BCUT2D eigenvalue weighted by atomic mass is 9.54. The molecule has 20 heavy (non-hydrogen) atoms. The molecule has 0 atom stereocenters. The van der Waals surface area contributed by atoms with Crippen molar-refractivity contribution in [2.45, 2.75) is 84.7 Å². The molecule has 4 aliphatic rings. The molecule has 4 aliphatic carbocycles. The summed E-state index contributed by atoms with van der Waals surface area (Å²) in [5, 5.41) is 4.16. The Morgan fingerprint density at radius 2 is 1.20 bits per heavy atom.